The van der Waals surface area contributed by atoms with Crippen molar-refractivity contribution in [3.05, 3.63) is 51.2 Å². The van der Waals surface area contributed by atoms with Crippen molar-refractivity contribution >= 4 is 23.2 Å². The van der Waals surface area contributed by atoms with Crippen molar-refractivity contribution in [2.45, 2.75) is 39.2 Å². The Balaban J connectivity index is 2.35. The van der Waals surface area contributed by atoms with E-state index in [0.717, 1.165) is 16.9 Å². The van der Waals surface area contributed by atoms with E-state index in [1.165, 1.54) is 11.3 Å². The highest BCUT2D eigenvalue weighted by atomic mass is 32.1. The molecule has 1 aromatic heterocycles. The highest BCUT2D eigenvalue weighted by Gasteiger charge is 2.32. The number of aliphatic carboxylic acids is 1. The summed E-state index contributed by atoms with van der Waals surface area (Å²) in [5, 5.41) is 12.2. The van der Waals surface area contributed by atoms with Crippen molar-refractivity contribution in [1.29, 1.82) is 0 Å². The molecule has 0 spiro atoms. The zero-order valence-electron chi connectivity index (χ0n) is 14.9. The first-order valence-corrected chi connectivity index (χ1v) is 8.89. The van der Waals surface area contributed by atoms with E-state index in [1.807, 2.05) is 19.9 Å². The van der Waals surface area contributed by atoms with E-state index in [2.05, 4.69) is 5.32 Å². The second-order valence-electron chi connectivity index (χ2n) is 6.16. The third kappa shape index (κ3) is 4.39. The monoisotopic (exact) mass is 361 g/mol. The molecule has 6 heteroatoms. The molecule has 0 aliphatic rings. The van der Waals surface area contributed by atoms with Crippen LogP contribution in [0.15, 0.2) is 30.3 Å². The Morgan fingerprint density at radius 2 is 2.04 bits per heavy atom. The molecule has 2 aromatic rings. The van der Waals surface area contributed by atoms with Crippen LogP contribution in [0.25, 0.3) is 0 Å². The van der Waals surface area contributed by atoms with Gasteiger partial charge in [-0.15, -0.1) is 11.3 Å². The first-order chi connectivity index (χ1) is 11.8. The van der Waals surface area contributed by atoms with Crippen LogP contribution >= 0.6 is 11.3 Å². The molecule has 1 heterocycles. The van der Waals surface area contributed by atoms with Gasteiger partial charge in [-0.25, -0.2) is 0 Å². The highest BCUT2D eigenvalue weighted by Crippen LogP contribution is 2.29. The number of ether oxygens (including phenoxy) is 1. The number of rotatable bonds is 7. The summed E-state index contributed by atoms with van der Waals surface area (Å²) >= 11 is 1.45. The summed E-state index contributed by atoms with van der Waals surface area (Å²) in [7, 11) is 1.55. The molecule has 2 N–H and O–H groups in total. The molecule has 5 nitrogen and oxygen atoms in total. The second kappa shape index (κ2) is 7.70. The predicted octanol–water partition coefficient (Wildman–Crippen LogP) is 3.75. The van der Waals surface area contributed by atoms with Gasteiger partial charge in [0.15, 0.2) is 0 Å². The number of carboxylic acids is 1. The molecule has 0 radical (unpaired) electrons. The summed E-state index contributed by atoms with van der Waals surface area (Å²) in [6, 6.07) is 8.96. The zero-order chi connectivity index (χ0) is 18.6. The van der Waals surface area contributed by atoms with Gasteiger partial charge in [-0.3, -0.25) is 9.59 Å². The van der Waals surface area contributed by atoms with Gasteiger partial charge in [0.1, 0.15) is 5.75 Å². The lowest BCUT2D eigenvalue weighted by atomic mass is 9.88. The zero-order valence-corrected chi connectivity index (χ0v) is 15.7. The van der Waals surface area contributed by atoms with Gasteiger partial charge in [0.2, 0.25) is 0 Å². The van der Waals surface area contributed by atoms with Gasteiger partial charge < -0.3 is 15.2 Å². The molecule has 1 unspecified atom stereocenters. The quantitative estimate of drug-likeness (QED) is 0.787. The van der Waals surface area contributed by atoms with E-state index >= 15 is 0 Å². The number of aryl methyl sites for hydroxylation is 2. The Morgan fingerprint density at radius 3 is 2.60 bits per heavy atom. The number of carbonyl (C=O) groups is 2. The topological polar surface area (TPSA) is 75.6 Å². The average molecular weight is 361 g/mol. The number of amides is 1. The van der Waals surface area contributed by atoms with Gasteiger partial charge >= 0.3 is 5.97 Å². The second-order valence-corrected chi connectivity index (χ2v) is 7.30. The Bertz CT molecular complexity index is 783. The standard InChI is InChI=1S/C19H23NO4S/c1-5-15-12(2)9-16(25-15)18(23)20-19(3,11-17(21)22)13-7-6-8-14(10-13)24-4/h6-10H,5,11H2,1-4H3,(H,20,23)(H,21,22). The molecule has 2 rings (SSSR count). The van der Waals surface area contributed by atoms with Crippen LogP contribution in [0.5, 0.6) is 5.75 Å². The van der Waals surface area contributed by atoms with Crippen LogP contribution in [0.3, 0.4) is 0 Å². The van der Waals surface area contributed by atoms with E-state index in [1.54, 1.807) is 38.3 Å². The smallest absolute Gasteiger partial charge is 0.306 e. The maximum absolute atomic E-state index is 12.7. The normalized spacial score (nSPS) is 13.1. The van der Waals surface area contributed by atoms with E-state index in [9.17, 15) is 14.7 Å². The van der Waals surface area contributed by atoms with Crippen molar-refractivity contribution in [1.82, 2.24) is 5.32 Å². The average Bonchev–Trinajstić information content (AvgIpc) is 2.95. The molecule has 25 heavy (non-hydrogen) atoms. The van der Waals surface area contributed by atoms with Crippen LogP contribution < -0.4 is 10.1 Å². The maximum Gasteiger partial charge on any atom is 0.306 e. The van der Waals surface area contributed by atoms with Crippen LogP contribution in [0.4, 0.5) is 0 Å². The van der Waals surface area contributed by atoms with E-state index in [-0.39, 0.29) is 12.3 Å². The van der Waals surface area contributed by atoms with Crippen molar-refractivity contribution in [3.63, 3.8) is 0 Å². The number of hydrogen-bond acceptors (Lipinski definition) is 4. The van der Waals surface area contributed by atoms with Crippen molar-refractivity contribution in [2.75, 3.05) is 7.11 Å². The first-order valence-electron chi connectivity index (χ1n) is 8.07. The molecule has 0 aliphatic carbocycles. The Labute approximate surface area is 151 Å². The van der Waals surface area contributed by atoms with E-state index in [0.29, 0.717) is 16.2 Å². The van der Waals surface area contributed by atoms with Gasteiger partial charge in [0.25, 0.3) is 5.91 Å². The fourth-order valence-corrected chi connectivity index (χ4v) is 3.79. The van der Waals surface area contributed by atoms with Crippen molar-refractivity contribution < 1.29 is 19.4 Å². The summed E-state index contributed by atoms with van der Waals surface area (Å²) in [6.45, 7) is 5.74. The van der Waals surface area contributed by atoms with Crippen LogP contribution in [0.1, 0.15) is 45.9 Å². The fourth-order valence-electron chi connectivity index (χ4n) is 2.78. The van der Waals surface area contributed by atoms with Crippen LogP contribution in [0, 0.1) is 6.92 Å². The SMILES string of the molecule is CCc1sc(C(=O)NC(C)(CC(=O)O)c2cccc(OC)c2)cc1C. The molecule has 134 valence electrons. The van der Waals surface area contributed by atoms with Gasteiger partial charge in [-0.2, -0.15) is 0 Å². The van der Waals surface area contributed by atoms with Gasteiger partial charge in [0.05, 0.1) is 23.9 Å². The third-order valence-electron chi connectivity index (χ3n) is 4.17. The maximum atomic E-state index is 12.7. The molecule has 0 saturated carbocycles. The van der Waals surface area contributed by atoms with Gasteiger partial charge in [-0.05, 0) is 49.6 Å². The van der Waals surface area contributed by atoms with Gasteiger partial charge in [0, 0.05) is 4.88 Å². The van der Waals surface area contributed by atoms with Crippen LogP contribution in [-0.4, -0.2) is 24.1 Å². The molecule has 0 bridgehead atoms. The molecule has 0 aliphatic heterocycles. The summed E-state index contributed by atoms with van der Waals surface area (Å²) in [4.78, 5) is 25.9. The summed E-state index contributed by atoms with van der Waals surface area (Å²) in [5.74, 6) is -0.634. The molecule has 0 saturated heterocycles. The Morgan fingerprint density at radius 1 is 1.32 bits per heavy atom. The lowest BCUT2D eigenvalue weighted by Crippen LogP contribution is -2.44. The number of hydrogen-bond donors (Lipinski definition) is 2. The minimum absolute atomic E-state index is 0.225. The van der Waals surface area contributed by atoms with Gasteiger partial charge in [-0.1, -0.05) is 19.1 Å². The highest BCUT2D eigenvalue weighted by molar-refractivity contribution is 7.14. The minimum atomic E-state index is -1.04. The molecular weight excluding hydrogens is 338 g/mol. The minimum Gasteiger partial charge on any atom is -0.497 e. The molecule has 1 aromatic carbocycles. The number of nitrogens with one attached hydrogen (secondary N) is 1. The number of thiophene rings is 1. The van der Waals surface area contributed by atoms with Crippen LogP contribution in [-0.2, 0) is 16.8 Å². The van der Waals surface area contributed by atoms with E-state index < -0.39 is 11.5 Å². The van der Waals surface area contributed by atoms with Crippen molar-refractivity contribution in [3.8, 4) is 5.75 Å². The number of benzene rings is 1. The van der Waals surface area contributed by atoms with Crippen molar-refractivity contribution in [2.24, 2.45) is 0 Å². The Kier molecular flexibility index (Phi) is 5.85. The first kappa shape index (κ1) is 19.0. The number of carbonyl (C=O) groups excluding carboxylic acids is 1. The molecule has 1 atom stereocenters. The summed E-state index contributed by atoms with van der Waals surface area (Å²) in [5.41, 5.74) is 0.729. The molecule has 1 amide bonds. The van der Waals surface area contributed by atoms with E-state index in [4.69, 9.17) is 4.74 Å². The lowest BCUT2D eigenvalue weighted by Gasteiger charge is -2.30. The largest absolute Gasteiger partial charge is 0.497 e. The fraction of sp³-hybridized carbons (Fsp3) is 0.368. The Hall–Kier alpha value is -2.34. The molecule has 0 fully saturated rings. The molecular formula is C19H23NO4S. The third-order valence-corrected chi connectivity index (χ3v) is 5.55. The number of carboxylic acid groups (broad SMARTS) is 1. The predicted molar refractivity (Wildman–Crippen MR) is 98.5 cm³/mol. The summed E-state index contributed by atoms with van der Waals surface area (Å²) in [6.07, 6.45) is 0.642. The number of methoxy groups -OCH3 is 1. The lowest BCUT2D eigenvalue weighted by molar-refractivity contribution is -0.138. The summed E-state index contributed by atoms with van der Waals surface area (Å²) < 4.78 is 5.22. The van der Waals surface area contributed by atoms with Crippen LogP contribution in [0.2, 0.25) is 0 Å².